The Balaban J connectivity index is 1.72. The van der Waals surface area contributed by atoms with E-state index in [0.29, 0.717) is 16.5 Å². The minimum Gasteiger partial charge on any atom is -0.450 e. The molecule has 1 amide bonds. The maximum atomic E-state index is 14.0. The first-order valence-electron chi connectivity index (χ1n) is 9.70. The largest absolute Gasteiger partial charge is 0.450 e. The van der Waals surface area contributed by atoms with Crippen molar-refractivity contribution >= 4 is 16.9 Å². The van der Waals surface area contributed by atoms with Crippen molar-refractivity contribution in [3.63, 3.8) is 0 Å². The van der Waals surface area contributed by atoms with Gasteiger partial charge in [-0.05, 0) is 42.3 Å². The zero-order valence-corrected chi connectivity index (χ0v) is 16.3. The van der Waals surface area contributed by atoms with E-state index in [9.17, 15) is 14.0 Å². The summed E-state index contributed by atoms with van der Waals surface area (Å²) < 4.78 is 19.9. The normalized spacial score (nSPS) is 15.6. The van der Waals surface area contributed by atoms with Crippen LogP contribution < -0.4 is 5.43 Å². The summed E-state index contributed by atoms with van der Waals surface area (Å²) in [6.07, 6.45) is 0. The number of rotatable bonds is 3. The van der Waals surface area contributed by atoms with Gasteiger partial charge in [0.1, 0.15) is 11.4 Å². The number of benzene rings is 3. The summed E-state index contributed by atoms with van der Waals surface area (Å²) in [6, 6.07) is 20.0. The summed E-state index contributed by atoms with van der Waals surface area (Å²) in [5.74, 6) is -0.767. The molecule has 0 fully saturated rings. The molecule has 4 nitrogen and oxygen atoms in total. The van der Waals surface area contributed by atoms with Crippen LogP contribution in [0.15, 0.2) is 82.0 Å². The van der Waals surface area contributed by atoms with Crippen LogP contribution in [0.3, 0.4) is 0 Å². The van der Waals surface area contributed by atoms with Crippen LogP contribution in [0.5, 0.6) is 0 Å². The minimum absolute atomic E-state index is 0.0278. The van der Waals surface area contributed by atoms with Gasteiger partial charge in [0, 0.05) is 6.54 Å². The van der Waals surface area contributed by atoms with Gasteiger partial charge in [-0.3, -0.25) is 9.59 Å². The van der Waals surface area contributed by atoms with E-state index in [4.69, 9.17) is 4.42 Å². The molecular weight excluding hydrogens is 381 g/mol. The van der Waals surface area contributed by atoms with Crippen LogP contribution in [0.1, 0.15) is 38.9 Å². The van der Waals surface area contributed by atoms with E-state index in [-0.39, 0.29) is 29.2 Å². The first-order valence-corrected chi connectivity index (χ1v) is 9.70. The lowest BCUT2D eigenvalue weighted by Crippen LogP contribution is -2.29. The van der Waals surface area contributed by atoms with E-state index in [0.717, 1.165) is 11.1 Å². The molecule has 0 spiro atoms. The average molecular weight is 399 g/mol. The van der Waals surface area contributed by atoms with Gasteiger partial charge in [-0.1, -0.05) is 54.1 Å². The molecule has 1 atom stereocenters. The zero-order chi connectivity index (χ0) is 20.8. The molecule has 5 rings (SSSR count). The second kappa shape index (κ2) is 6.95. The van der Waals surface area contributed by atoms with Gasteiger partial charge in [0.25, 0.3) is 5.91 Å². The van der Waals surface area contributed by atoms with Crippen LogP contribution in [0, 0.1) is 12.7 Å². The number of amides is 1. The van der Waals surface area contributed by atoms with Crippen LogP contribution in [0.25, 0.3) is 11.0 Å². The highest BCUT2D eigenvalue weighted by Crippen LogP contribution is 2.39. The number of halogens is 1. The number of aryl methyl sites for hydroxylation is 1. The third kappa shape index (κ3) is 2.90. The number of carbonyl (C=O) groups excluding carboxylic acids is 1. The zero-order valence-electron chi connectivity index (χ0n) is 16.3. The summed E-state index contributed by atoms with van der Waals surface area (Å²) in [6.45, 7) is 2.27. The Hall–Kier alpha value is -3.73. The Morgan fingerprint density at radius 1 is 0.967 bits per heavy atom. The van der Waals surface area contributed by atoms with Gasteiger partial charge in [-0.25, -0.2) is 4.39 Å². The molecule has 0 saturated heterocycles. The van der Waals surface area contributed by atoms with Gasteiger partial charge in [-0.2, -0.15) is 0 Å². The number of fused-ring (bicyclic) bond motifs is 2. The van der Waals surface area contributed by atoms with Gasteiger partial charge in [0.2, 0.25) is 5.76 Å². The number of hydrogen-bond acceptors (Lipinski definition) is 3. The highest BCUT2D eigenvalue weighted by Gasteiger charge is 2.42. The first kappa shape index (κ1) is 18.3. The predicted octanol–water partition coefficient (Wildman–Crippen LogP) is 4.99. The van der Waals surface area contributed by atoms with Crippen LogP contribution in [-0.4, -0.2) is 10.8 Å². The fourth-order valence-electron chi connectivity index (χ4n) is 4.04. The Labute approximate surface area is 172 Å². The van der Waals surface area contributed by atoms with Crippen molar-refractivity contribution in [2.75, 3.05) is 0 Å². The van der Waals surface area contributed by atoms with Crippen LogP contribution in [0.2, 0.25) is 0 Å². The molecule has 2 heterocycles. The molecule has 148 valence electrons. The molecule has 5 heteroatoms. The van der Waals surface area contributed by atoms with Crippen molar-refractivity contribution in [3.8, 4) is 0 Å². The number of hydrogen-bond donors (Lipinski definition) is 0. The summed E-state index contributed by atoms with van der Waals surface area (Å²) in [7, 11) is 0. The van der Waals surface area contributed by atoms with E-state index in [1.165, 1.54) is 12.1 Å². The number of para-hydroxylation sites is 1. The van der Waals surface area contributed by atoms with Crippen LogP contribution in [-0.2, 0) is 6.54 Å². The maximum Gasteiger partial charge on any atom is 0.291 e. The second-order valence-corrected chi connectivity index (χ2v) is 7.55. The van der Waals surface area contributed by atoms with E-state index < -0.39 is 11.9 Å². The molecule has 0 saturated carbocycles. The van der Waals surface area contributed by atoms with Crippen molar-refractivity contribution < 1.29 is 13.6 Å². The lowest BCUT2D eigenvalue weighted by Gasteiger charge is -2.25. The third-order valence-electron chi connectivity index (χ3n) is 5.51. The SMILES string of the molecule is Cc1ccc(CN2C(=O)c3oc4ccccc4c(=O)c3C2c2cccc(F)c2)cc1. The van der Waals surface area contributed by atoms with E-state index in [1.54, 1.807) is 41.3 Å². The number of carbonyl (C=O) groups is 1. The number of nitrogens with zero attached hydrogens (tertiary/aromatic N) is 1. The summed E-state index contributed by atoms with van der Waals surface area (Å²) in [4.78, 5) is 28.3. The minimum atomic E-state index is -0.717. The van der Waals surface area contributed by atoms with Crippen molar-refractivity contribution in [3.05, 3.63) is 117 Å². The summed E-state index contributed by atoms with van der Waals surface area (Å²) in [5.41, 5.74) is 2.93. The molecule has 0 aliphatic carbocycles. The Kier molecular flexibility index (Phi) is 4.24. The second-order valence-electron chi connectivity index (χ2n) is 7.55. The highest BCUT2D eigenvalue weighted by molar-refractivity contribution is 5.99. The van der Waals surface area contributed by atoms with Crippen molar-refractivity contribution in [1.29, 1.82) is 0 Å². The molecule has 1 aromatic heterocycles. The predicted molar refractivity (Wildman–Crippen MR) is 112 cm³/mol. The van der Waals surface area contributed by atoms with Gasteiger partial charge in [0.05, 0.1) is 17.0 Å². The lowest BCUT2D eigenvalue weighted by molar-refractivity contribution is 0.0714. The third-order valence-corrected chi connectivity index (χ3v) is 5.51. The van der Waals surface area contributed by atoms with Gasteiger partial charge < -0.3 is 9.32 Å². The van der Waals surface area contributed by atoms with Crippen molar-refractivity contribution in [1.82, 2.24) is 4.90 Å². The van der Waals surface area contributed by atoms with E-state index in [1.807, 2.05) is 31.2 Å². The Morgan fingerprint density at radius 2 is 1.73 bits per heavy atom. The van der Waals surface area contributed by atoms with E-state index >= 15 is 0 Å². The fraction of sp³-hybridized carbons (Fsp3) is 0.120. The molecule has 1 aliphatic rings. The molecule has 1 unspecified atom stereocenters. The molecule has 0 bridgehead atoms. The van der Waals surface area contributed by atoms with Gasteiger partial charge in [0.15, 0.2) is 5.43 Å². The Bertz CT molecular complexity index is 1340. The standard InChI is InChI=1S/C25H18FNO3/c1-15-9-11-16(12-10-15)14-27-22(17-5-4-6-18(26)13-17)21-23(28)19-7-2-3-8-20(19)30-24(21)25(27)29/h2-13,22H,14H2,1H3. The average Bonchev–Trinajstić information content (AvgIpc) is 3.02. The Morgan fingerprint density at radius 3 is 2.50 bits per heavy atom. The maximum absolute atomic E-state index is 14.0. The monoisotopic (exact) mass is 399 g/mol. The topological polar surface area (TPSA) is 50.5 Å². The van der Waals surface area contributed by atoms with Gasteiger partial charge >= 0.3 is 0 Å². The molecule has 0 N–H and O–H groups in total. The molecule has 1 aliphatic heterocycles. The van der Waals surface area contributed by atoms with Crippen LogP contribution >= 0.6 is 0 Å². The molecular formula is C25H18FNO3. The summed E-state index contributed by atoms with van der Waals surface area (Å²) >= 11 is 0. The van der Waals surface area contributed by atoms with Crippen LogP contribution in [0.4, 0.5) is 4.39 Å². The lowest BCUT2D eigenvalue weighted by atomic mass is 9.98. The molecule has 3 aromatic carbocycles. The molecule has 0 radical (unpaired) electrons. The van der Waals surface area contributed by atoms with Gasteiger partial charge in [-0.15, -0.1) is 0 Å². The fourth-order valence-corrected chi connectivity index (χ4v) is 4.04. The van der Waals surface area contributed by atoms with Crippen molar-refractivity contribution in [2.24, 2.45) is 0 Å². The summed E-state index contributed by atoms with van der Waals surface area (Å²) in [5, 5.41) is 0.405. The quantitative estimate of drug-likeness (QED) is 0.488. The van der Waals surface area contributed by atoms with Crippen molar-refractivity contribution in [2.45, 2.75) is 19.5 Å². The molecule has 4 aromatic rings. The first-order chi connectivity index (χ1) is 14.5. The smallest absolute Gasteiger partial charge is 0.291 e. The highest BCUT2D eigenvalue weighted by atomic mass is 19.1. The molecule has 30 heavy (non-hydrogen) atoms. The van der Waals surface area contributed by atoms with E-state index in [2.05, 4.69) is 0 Å².